The number of hydrogen-bond donors (Lipinski definition) is 0. The molecular formula is C52H58Cl2Zr. The van der Waals surface area contributed by atoms with Crippen LogP contribution in [0.3, 0.4) is 0 Å². The van der Waals surface area contributed by atoms with Crippen LogP contribution < -0.4 is 24.8 Å². The van der Waals surface area contributed by atoms with Crippen LogP contribution in [-0.2, 0) is 38.5 Å². The number of hydrogen-bond acceptors (Lipinski definition) is 0. The van der Waals surface area contributed by atoms with Gasteiger partial charge in [-0.2, -0.15) is 0 Å². The molecule has 8 rings (SSSR count). The molecule has 0 heterocycles. The third-order valence-corrected chi connectivity index (χ3v) is 22.7. The van der Waals surface area contributed by atoms with Gasteiger partial charge in [-0.15, -0.1) is 0 Å². The van der Waals surface area contributed by atoms with Crippen LogP contribution >= 0.6 is 0 Å². The van der Waals surface area contributed by atoms with Gasteiger partial charge in [-0.05, 0) is 0 Å². The largest absolute Gasteiger partial charge is 1.00 e. The van der Waals surface area contributed by atoms with E-state index in [0.717, 1.165) is 12.8 Å². The molecule has 284 valence electrons. The summed E-state index contributed by atoms with van der Waals surface area (Å²) < 4.78 is 3.84. The van der Waals surface area contributed by atoms with E-state index in [1.807, 2.05) is 0 Å². The number of fused-ring (bicyclic) bond motifs is 5. The van der Waals surface area contributed by atoms with Crippen LogP contribution in [0.5, 0.6) is 0 Å². The number of aryl methyl sites for hydroxylation is 2. The third kappa shape index (κ3) is 7.19. The van der Waals surface area contributed by atoms with Crippen molar-refractivity contribution in [2.75, 3.05) is 0 Å². The summed E-state index contributed by atoms with van der Waals surface area (Å²) >= 11 is -2.82. The minimum Gasteiger partial charge on any atom is -1.00 e. The average Bonchev–Trinajstić information content (AvgIpc) is 3.67. The monoisotopic (exact) mass is 842 g/mol. The third-order valence-electron chi connectivity index (χ3n) is 13.2. The molecule has 0 aliphatic heterocycles. The molecule has 0 bridgehead atoms. The molecule has 4 aliphatic rings. The first-order valence-electron chi connectivity index (χ1n) is 20.0. The van der Waals surface area contributed by atoms with Crippen molar-refractivity contribution < 1.29 is 46.1 Å². The summed E-state index contributed by atoms with van der Waals surface area (Å²) in [5.41, 5.74) is 22.0. The minimum atomic E-state index is -2.82. The second-order valence-corrected chi connectivity index (χ2v) is 25.3. The Morgan fingerprint density at radius 1 is 0.655 bits per heavy atom. The molecule has 0 aromatic heterocycles. The standard InChI is InChI=1S/C27H29.C15H14.C10H15.2ClH.Zr/c1-16-7-9-26(3,4)24-12-18-11-19-13-25-21(17(2)8-10-27(25,5)6)15-23(19)22(18)14-20(16)24;1-12-3-7-14(8-4-12)11-15-9-5-13(2)6-10-15;1-8-5-6-9(7-8)10(2,3)4;;;/h7-9,12-15H,10-11H2,1-6H3;3-10H,1-2H3;6-8H,1-4H3;2*1H;/q;;;;;+2/p-2. The van der Waals surface area contributed by atoms with Gasteiger partial charge in [-0.25, -0.2) is 0 Å². The molecule has 4 aliphatic carbocycles. The van der Waals surface area contributed by atoms with Crippen LogP contribution in [0.4, 0.5) is 0 Å². The minimum absolute atomic E-state index is 0. The predicted octanol–water partition coefficient (Wildman–Crippen LogP) is 7.84. The topological polar surface area (TPSA) is 0 Å². The molecule has 4 aromatic rings. The second kappa shape index (κ2) is 14.8. The van der Waals surface area contributed by atoms with Crippen LogP contribution in [0.2, 0.25) is 3.63 Å². The molecule has 55 heavy (non-hydrogen) atoms. The molecule has 0 radical (unpaired) electrons. The summed E-state index contributed by atoms with van der Waals surface area (Å²) in [5.74, 6) is 0.442. The van der Waals surface area contributed by atoms with Gasteiger partial charge in [0.25, 0.3) is 0 Å². The quantitative estimate of drug-likeness (QED) is 0.173. The zero-order chi connectivity index (χ0) is 37.8. The van der Waals surface area contributed by atoms with E-state index < -0.39 is 21.3 Å². The molecule has 0 amide bonds. The molecule has 0 saturated heterocycles. The molecule has 2 unspecified atom stereocenters. The number of halogens is 2. The fourth-order valence-electron chi connectivity index (χ4n) is 9.71. The van der Waals surface area contributed by atoms with Gasteiger partial charge >= 0.3 is 330 Å². The fraction of sp³-hybridized carbons (Fsp3) is 0.365. The van der Waals surface area contributed by atoms with E-state index >= 15 is 0 Å². The maximum atomic E-state index is 2.76. The Labute approximate surface area is 352 Å². The van der Waals surface area contributed by atoms with Crippen LogP contribution in [0.1, 0.15) is 131 Å². The van der Waals surface area contributed by atoms with Crippen LogP contribution in [0.15, 0.2) is 106 Å². The molecule has 0 nitrogen and oxygen atoms in total. The molecule has 0 spiro atoms. The average molecular weight is 845 g/mol. The predicted molar refractivity (Wildman–Crippen MR) is 227 cm³/mol. The first-order chi connectivity index (χ1) is 24.9. The van der Waals surface area contributed by atoms with Crippen molar-refractivity contribution in [1.82, 2.24) is 0 Å². The summed E-state index contributed by atoms with van der Waals surface area (Å²) in [6.45, 7) is 28.8. The van der Waals surface area contributed by atoms with Crippen molar-refractivity contribution in [2.24, 2.45) is 11.3 Å². The Balaban J connectivity index is 0.00000257. The van der Waals surface area contributed by atoms with Gasteiger partial charge < -0.3 is 24.8 Å². The molecule has 4 aromatic carbocycles. The van der Waals surface area contributed by atoms with Crippen molar-refractivity contribution >= 4 is 14.4 Å². The Morgan fingerprint density at radius 3 is 1.67 bits per heavy atom. The number of allylic oxidation sites excluding steroid dienone is 8. The number of benzene rings is 4. The van der Waals surface area contributed by atoms with E-state index in [2.05, 4.69) is 180 Å². The van der Waals surface area contributed by atoms with Crippen molar-refractivity contribution in [1.29, 1.82) is 0 Å². The summed E-state index contributed by atoms with van der Waals surface area (Å²) in [6, 6.07) is 29.4. The zero-order valence-electron chi connectivity index (χ0n) is 35.1. The van der Waals surface area contributed by atoms with E-state index in [-0.39, 0.29) is 41.1 Å². The first-order valence-corrected chi connectivity index (χ1v) is 23.9. The summed E-state index contributed by atoms with van der Waals surface area (Å²) in [7, 11) is 0. The van der Waals surface area contributed by atoms with Crippen molar-refractivity contribution in [3.8, 4) is 11.1 Å². The Kier molecular flexibility index (Phi) is 11.3. The SMILES string of the molecule is CC1=CCC(C)(C)c2cc3c(cc21)-c1cc2c(cc1C3)C(C)(C)[CH]([Zr+2]([C]1=CC(C(C)(C)C)=CC1C)=[C](c1ccc(C)cc1)c1ccc(C)cc1)C=C2C.[Cl-].[Cl-]. The normalized spacial score (nSPS) is 19.8. The zero-order valence-corrected chi connectivity index (χ0v) is 39.0. The molecular weight excluding hydrogens is 787 g/mol. The van der Waals surface area contributed by atoms with Crippen LogP contribution in [0, 0.1) is 25.2 Å². The summed E-state index contributed by atoms with van der Waals surface area (Å²) in [5, 5.41) is 0. The van der Waals surface area contributed by atoms with Crippen LogP contribution in [-0.4, -0.2) is 3.21 Å². The first kappa shape index (κ1) is 41.8. The Morgan fingerprint density at radius 2 is 1.16 bits per heavy atom. The Hall–Kier alpha value is -2.83. The van der Waals surface area contributed by atoms with E-state index in [1.165, 1.54) is 77.9 Å². The summed E-state index contributed by atoms with van der Waals surface area (Å²) in [6.07, 6.45) is 12.6. The van der Waals surface area contributed by atoms with Gasteiger partial charge in [-0.1, -0.05) is 0 Å². The molecule has 0 N–H and O–H groups in total. The van der Waals surface area contributed by atoms with Crippen molar-refractivity contribution in [3.05, 3.63) is 162 Å². The van der Waals surface area contributed by atoms with E-state index in [1.54, 1.807) is 12.1 Å². The molecule has 0 saturated carbocycles. The molecule has 0 fully saturated rings. The number of rotatable bonds is 4. The van der Waals surface area contributed by atoms with Gasteiger partial charge in [0.2, 0.25) is 0 Å². The van der Waals surface area contributed by atoms with E-state index in [9.17, 15) is 0 Å². The van der Waals surface area contributed by atoms with Crippen molar-refractivity contribution in [3.63, 3.8) is 0 Å². The van der Waals surface area contributed by atoms with Gasteiger partial charge in [0.15, 0.2) is 0 Å². The molecule has 3 heteroatoms. The Bertz CT molecular complexity index is 2300. The van der Waals surface area contributed by atoms with Crippen molar-refractivity contribution in [2.45, 2.75) is 110 Å². The molecule has 2 atom stereocenters. The van der Waals surface area contributed by atoms with Gasteiger partial charge in [0.05, 0.1) is 0 Å². The fourth-order valence-corrected chi connectivity index (χ4v) is 19.8. The smallest absolute Gasteiger partial charge is 1.00 e. The van der Waals surface area contributed by atoms with Gasteiger partial charge in [-0.3, -0.25) is 0 Å². The maximum absolute atomic E-state index is 2.82. The summed E-state index contributed by atoms with van der Waals surface area (Å²) in [4.78, 5) is 0. The van der Waals surface area contributed by atoms with E-state index in [4.69, 9.17) is 0 Å². The maximum Gasteiger partial charge on any atom is -1.00 e. The van der Waals surface area contributed by atoms with Gasteiger partial charge in [0.1, 0.15) is 0 Å². The van der Waals surface area contributed by atoms with E-state index in [0.29, 0.717) is 9.54 Å². The van der Waals surface area contributed by atoms with Gasteiger partial charge in [0, 0.05) is 0 Å². The van der Waals surface area contributed by atoms with Crippen LogP contribution in [0.25, 0.3) is 22.3 Å². The second-order valence-electron chi connectivity index (χ2n) is 19.1.